The number of nitrogens with two attached hydrogens (primary N) is 1. The van der Waals surface area contributed by atoms with Crippen LogP contribution in [-0.2, 0) is 6.42 Å². The lowest BCUT2D eigenvalue weighted by Gasteiger charge is -2.16. The summed E-state index contributed by atoms with van der Waals surface area (Å²) in [4.78, 5) is 8.76. The highest BCUT2D eigenvalue weighted by Gasteiger charge is 2.15. The van der Waals surface area contributed by atoms with Crippen LogP contribution in [0.4, 0.5) is 0 Å². The van der Waals surface area contributed by atoms with Crippen molar-refractivity contribution >= 4 is 0 Å². The Kier molecular flexibility index (Phi) is 3.95. The first-order chi connectivity index (χ1) is 8.99. The fraction of sp³-hybridized carbons (Fsp3) is 0.500. The van der Waals surface area contributed by atoms with E-state index in [0.29, 0.717) is 12.5 Å². The molecule has 0 radical (unpaired) electrons. The van der Waals surface area contributed by atoms with Crippen molar-refractivity contribution in [2.45, 2.75) is 46.2 Å². The van der Waals surface area contributed by atoms with Crippen molar-refractivity contribution in [3.63, 3.8) is 0 Å². The Balaban J connectivity index is 2.21. The molecule has 0 fully saturated rings. The van der Waals surface area contributed by atoms with Crippen LogP contribution in [-0.4, -0.2) is 19.7 Å². The number of nitrogens with zero attached hydrogens (tertiary/aromatic N) is 4. The topological polar surface area (TPSA) is 69.6 Å². The lowest BCUT2D eigenvalue weighted by molar-refractivity contribution is 0.493. The molecule has 2 aromatic rings. The van der Waals surface area contributed by atoms with Gasteiger partial charge in [0.15, 0.2) is 0 Å². The Morgan fingerprint density at radius 1 is 1.26 bits per heavy atom. The van der Waals surface area contributed by atoms with Gasteiger partial charge in [0, 0.05) is 29.9 Å². The summed E-state index contributed by atoms with van der Waals surface area (Å²) in [5, 5.41) is 4.23. The number of hydrogen-bond donors (Lipinski definition) is 1. The normalized spacial score (nSPS) is 12.9. The quantitative estimate of drug-likeness (QED) is 0.913. The first-order valence-electron chi connectivity index (χ1n) is 6.57. The molecule has 0 spiro atoms. The van der Waals surface area contributed by atoms with Crippen molar-refractivity contribution in [3.05, 3.63) is 41.2 Å². The van der Waals surface area contributed by atoms with Gasteiger partial charge in [-0.25, -0.2) is 9.67 Å². The first-order valence-corrected chi connectivity index (χ1v) is 6.57. The molecule has 0 saturated carbocycles. The maximum atomic E-state index is 6.29. The monoisotopic (exact) mass is 259 g/mol. The average molecular weight is 259 g/mol. The molecule has 5 nitrogen and oxygen atoms in total. The van der Waals surface area contributed by atoms with E-state index in [-0.39, 0.29) is 6.04 Å². The Labute approximate surface area is 113 Å². The summed E-state index contributed by atoms with van der Waals surface area (Å²) in [6.07, 6.45) is 2.26. The molecule has 2 heterocycles. The fourth-order valence-electron chi connectivity index (χ4n) is 2.25. The van der Waals surface area contributed by atoms with E-state index < -0.39 is 0 Å². The van der Waals surface area contributed by atoms with Gasteiger partial charge in [-0.2, -0.15) is 5.10 Å². The van der Waals surface area contributed by atoms with E-state index in [4.69, 9.17) is 5.73 Å². The van der Waals surface area contributed by atoms with Gasteiger partial charge in [-0.1, -0.05) is 6.07 Å². The number of rotatable bonds is 4. The van der Waals surface area contributed by atoms with E-state index >= 15 is 0 Å². The highest BCUT2D eigenvalue weighted by molar-refractivity contribution is 5.25. The van der Waals surface area contributed by atoms with Crippen molar-refractivity contribution < 1.29 is 0 Å². The largest absolute Gasteiger partial charge is 0.324 e. The lowest BCUT2D eigenvalue weighted by Crippen LogP contribution is -2.19. The Hall–Kier alpha value is -1.75. The minimum atomic E-state index is -0.102. The third kappa shape index (κ3) is 2.98. The number of pyridine rings is 1. The molecule has 2 aromatic heterocycles. The zero-order valence-corrected chi connectivity index (χ0v) is 12.0. The van der Waals surface area contributed by atoms with Crippen LogP contribution in [0.2, 0.25) is 0 Å². The summed E-state index contributed by atoms with van der Waals surface area (Å²) in [6, 6.07) is 4.24. The molecule has 2 rings (SSSR count). The van der Waals surface area contributed by atoms with E-state index in [0.717, 1.165) is 22.8 Å². The summed E-state index contributed by atoms with van der Waals surface area (Å²) in [7, 11) is 0. The van der Waals surface area contributed by atoms with Gasteiger partial charge < -0.3 is 5.73 Å². The zero-order chi connectivity index (χ0) is 14.0. The first kappa shape index (κ1) is 13.7. The van der Waals surface area contributed by atoms with Gasteiger partial charge in [0.05, 0.1) is 0 Å². The molecule has 5 heteroatoms. The van der Waals surface area contributed by atoms with Crippen molar-refractivity contribution in [2.24, 2.45) is 5.73 Å². The van der Waals surface area contributed by atoms with Gasteiger partial charge in [0.25, 0.3) is 0 Å². The van der Waals surface area contributed by atoms with E-state index in [1.54, 1.807) is 6.33 Å². The fourth-order valence-corrected chi connectivity index (χ4v) is 2.25. The molecular formula is C14H21N5. The van der Waals surface area contributed by atoms with E-state index in [9.17, 15) is 0 Å². The third-order valence-electron chi connectivity index (χ3n) is 3.20. The second kappa shape index (κ2) is 5.48. The van der Waals surface area contributed by atoms with Crippen LogP contribution in [0.3, 0.4) is 0 Å². The predicted molar refractivity (Wildman–Crippen MR) is 74.8 cm³/mol. The van der Waals surface area contributed by atoms with Gasteiger partial charge in [-0.3, -0.25) is 4.98 Å². The Morgan fingerprint density at radius 3 is 2.63 bits per heavy atom. The predicted octanol–water partition coefficient (Wildman–Crippen LogP) is 2.11. The summed E-state index contributed by atoms with van der Waals surface area (Å²) in [5.74, 6) is 0.919. The van der Waals surface area contributed by atoms with E-state index in [2.05, 4.69) is 35.0 Å². The molecule has 0 aliphatic carbocycles. The summed E-state index contributed by atoms with van der Waals surface area (Å²) in [5.41, 5.74) is 9.36. The number of hydrogen-bond acceptors (Lipinski definition) is 4. The van der Waals surface area contributed by atoms with E-state index in [1.807, 2.05) is 24.6 Å². The van der Waals surface area contributed by atoms with Gasteiger partial charge in [-0.05, 0) is 39.3 Å². The van der Waals surface area contributed by atoms with Gasteiger partial charge in [-0.15, -0.1) is 0 Å². The second-order valence-electron chi connectivity index (χ2n) is 5.15. The Morgan fingerprint density at radius 2 is 2.00 bits per heavy atom. The molecule has 0 bridgehead atoms. The van der Waals surface area contributed by atoms with E-state index in [1.165, 1.54) is 0 Å². The smallest absolute Gasteiger partial charge is 0.138 e. The van der Waals surface area contributed by atoms with Crippen LogP contribution in [0.5, 0.6) is 0 Å². The lowest BCUT2D eigenvalue weighted by atomic mass is 10.0. The second-order valence-corrected chi connectivity index (χ2v) is 5.15. The molecule has 19 heavy (non-hydrogen) atoms. The third-order valence-corrected chi connectivity index (χ3v) is 3.20. The maximum Gasteiger partial charge on any atom is 0.138 e. The SMILES string of the molecule is Cc1ccc(C(N)Cc2ncnn2C(C)C)c(C)n1. The van der Waals surface area contributed by atoms with Crippen LogP contribution >= 0.6 is 0 Å². The summed E-state index contributed by atoms with van der Waals surface area (Å²) in [6.45, 7) is 8.15. The molecule has 0 amide bonds. The van der Waals surface area contributed by atoms with Crippen molar-refractivity contribution in [2.75, 3.05) is 0 Å². The highest BCUT2D eigenvalue weighted by Crippen LogP contribution is 2.19. The van der Waals surface area contributed by atoms with Crippen LogP contribution < -0.4 is 5.73 Å². The average Bonchev–Trinajstić information content (AvgIpc) is 2.76. The number of aromatic nitrogens is 4. The molecule has 0 aliphatic heterocycles. The van der Waals surface area contributed by atoms with Gasteiger partial charge in [0.2, 0.25) is 0 Å². The number of aryl methyl sites for hydroxylation is 2. The van der Waals surface area contributed by atoms with Crippen LogP contribution in [0.15, 0.2) is 18.5 Å². The van der Waals surface area contributed by atoms with Crippen LogP contribution in [0.1, 0.15) is 48.7 Å². The zero-order valence-electron chi connectivity index (χ0n) is 12.0. The summed E-state index contributed by atoms with van der Waals surface area (Å²) >= 11 is 0. The molecule has 0 saturated heterocycles. The minimum Gasteiger partial charge on any atom is -0.324 e. The van der Waals surface area contributed by atoms with Gasteiger partial charge in [0.1, 0.15) is 12.2 Å². The molecule has 2 N–H and O–H groups in total. The molecule has 1 atom stereocenters. The Bertz CT molecular complexity index is 559. The van der Waals surface area contributed by atoms with Crippen LogP contribution in [0.25, 0.3) is 0 Å². The molecule has 0 aliphatic rings. The summed E-state index contributed by atoms with van der Waals surface area (Å²) < 4.78 is 1.91. The molecule has 0 aromatic carbocycles. The van der Waals surface area contributed by atoms with Crippen molar-refractivity contribution in [1.82, 2.24) is 19.7 Å². The van der Waals surface area contributed by atoms with Crippen molar-refractivity contribution in [1.29, 1.82) is 0 Å². The van der Waals surface area contributed by atoms with Gasteiger partial charge >= 0.3 is 0 Å². The highest BCUT2D eigenvalue weighted by atomic mass is 15.3. The van der Waals surface area contributed by atoms with Crippen molar-refractivity contribution in [3.8, 4) is 0 Å². The van der Waals surface area contributed by atoms with Crippen LogP contribution in [0, 0.1) is 13.8 Å². The standard InChI is InChI=1S/C14H21N5/c1-9(2)19-14(16-8-17-19)7-13(15)12-6-5-10(3)18-11(12)4/h5-6,8-9,13H,7,15H2,1-4H3. The molecule has 102 valence electrons. The molecular weight excluding hydrogens is 238 g/mol. The maximum absolute atomic E-state index is 6.29. The minimum absolute atomic E-state index is 0.102. The molecule has 1 unspecified atom stereocenters.